The Balaban J connectivity index is 1.88. The van der Waals surface area contributed by atoms with Gasteiger partial charge in [0.2, 0.25) is 0 Å². The first-order valence-electron chi connectivity index (χ1n) is 10.2. The first-order valence-corrected chi connectivity index (χ1v) is 11.1. The van der Waals surface area contributed by atoms with E-state index in [2.05, 4.69) is 52.0 Å². The highest BCUT2D eigenvalue weighted by molar-refractivity contribution is 6.23. The van der Waals surface area contributed by atoms with Gasteiger partial charge in [0.15, 0.2) is 0 Å². The molecule has 0 bridgehead atoms. The summed E-state index contributed by atoms with van der Waals surface area (Å²) < 4.78 is 0. The fraction of sp³-hybridized carbons (Fsp3) is 0.480. The average Bonchev–Trinajstić information content (AvgIpc) is 2.61. The molecule has 2 aromatic rings. The summed E-state index contributed by atoms with van der Waals surface area (Å²) in [5, 5.41) is -0.615. The molecule has 0 spiro atoms. The second-order valence-electron chi connectivity index (χ2n) is 8.56. The van der Waals surface area contributed by atoms with Crippen molar-refractivity contribution in [2.75, 3.05) is 0 Å². The molecule has 2 unspecified atom stereocenters. The van der Waals surface area contributed by atoms with E-state index >= 15 is 0 Å². The summed E-state index contributed by atoms with van der Waals surface area (Å²) in [6, 6.07) is 16.6. The van der Waals surface area contributed by atoms with Crippen molar-refractivity contribution in [2.45, 2.75) is 64.1 Å². The molecule has 152 valence electrons. The highest BCUT2D eigenvalue weighted by Gasteiger charge is 2.18. The van der Waals surface area contributed by atoms with E-state index in [4.69, 9.17) is 23.2 Å². The molecular formula is C25H32Cl2O. The van der Waals surface area contributed by atoms with E-state index < -0.39 is 0 Å². The van der Waals surface area contributed by atoms with Crippen molar-refractivity contribution in [1.82, 2.24) is 0 Å². The van der Waals surface area contributed by atoms with Crippen LogP contribution in [0, 0.1) is 11.8 Å². The van der Waals surface area contributed by atoms with Crippen molar-refractivity contribution < 1.29 is 4.79 Å². The molecule has 2 atom stereocenters. The zero-order chi connectivity index (χ0) is 20.7. The number of hydrogen-bond acceptors (Lipinski definition) is 1. The predicted octanol–water partition coefficient (Wildman–Crippen LogP) is 7.69. The number of alkyl halides is 2. The molecule has 0 aromatic heterocycles. The van der Waals surface area contributed by atoms with E-state index in [1.165, 1.54) is 11.1 Å². The summed E-state index contributed by atoms with van der Waals surface area (Å²) in [5.41, 5.74) is 4.59. The van der Waals surface area contributed by atoms with E-state index in [1.807, 2.05) is 24.3 Å². The van der Waals surface area contributed by atoms with Crippen LogP contribution in [0.15, 0.2) is 48.5 Å². The smallest absolute Gasteiger partial charge is 0.136 e. The van der Waals surface area contributed by atoms with Crippen LogP contribution in [0.3, 0.4) is 0 Å². The largest absolute Gasteiger partial charge is 0.300 e. The van der Waals surface area contributed by atoms with Gasteiger partial charge in [0.1, 0.15) is 5.78 Å². The first-order chi connectivity index (χ1) is 13.2. The Morgan fingerprint density at radius 2 is 1.00 bits per heavy atom. The SMILES string of the molecule is CC(C)Cc1ccc(C(Cl)CC(=O)CC(Cl)c2ccc(CC(C)C)cc2)cc1. The number of rotatable bonds is 10. The van der Waals surface area contributed by atoms with Crippen LogP contribution in [-0.4, -0.2) is 5.78 Å². The van der Waals surface area contributed by atoms with Crippen LogP contribution in [-0.2, 0) is 17.6 Å². The van der Waals surface area contributed by atoms with Crippen molar-refractivity contribution in [2.24, 2.45) is 11.8 Å². The standard InChI is InChI=1S/C25H32Cl2O/c1-17(2)13-19-5-9-21(10-6-19)24(26)15-23(28)16-25(27)22-11-7-20(8-12-22)14-18(3)4/h5-12,17-18,24-25H,13-16H2,1-4H3. The number of carbonyl (C=O) groups is 1. The maximum atomic E-state index is 12.5. The quantitative estimate of drug-likeness (QED) is 0.361. The Morgan fingerprint density at radius 1 is 0.679 bits per heavy atom. The van der Waals surface area contributed by atoms with Crippen molar-refractivity contribution in [3.8, 4) is 0 Å². The zero-order valence-electron chi connectivity index (χ0n) is 17.4. The maximum absolute atomic E-state index is 12.5. The van der Waals surface area contributed by atoms with E-state index in [-0.39, 0.29) is 16.5 Å². The lowest BCUT2D eigenvalue weighted by atomic mass is 9.97. The monoisotopic (exact) mass is 418 g/mol. The molecule has 0 heterocycles. The molecule has 2 aromatic carbocycles. The van der Waals surface area contributed by atoms with Crippen LogP contribution in [0.2, 0.25) is 0 Å². The fourth-order valence-electron chi connectivity index (χ4n) is 3.39. The molecule has 0 aliphatic rings. The Kier molecular flexibility index (Phi) is 9.05. The molecule has 0 saturated carbocycles. The summed E-state index contributed by atoms with van der Waals surface area (Å²) in [6.45, 7) is 8.82. The summed E-state index contributed by atoms with van der Waals surface area (Å²) in [7, 11) is 0. The second-order valence-corrected chi connectivity index (χ2v) is 9.61. The predicted molar refractivity (Wildman–Crippen MR) is 121 cm³/mol. The van der Waals surface area contributed by atoms with Gasteiger partial charge in [-0.25, -0.2) is 0 Å². The number of carbonyl (C=O) groups excluding carboxylic acids is 1. The van der Waals surface area contributed by atoms with E-state index in [0.29, 0.717) is 24.7 Å². The minimum absolute atomic E-state index is 0.0949. The third-order valence-electron chi connectivity index (χ3n) is 4.78. The minimum Gasteiger partial charge on any atom is -0.300 e. The van der Waals surface area contributed by atoms with Crippen LogP contribution in [0.1, 0.15) is 73.5 Å². The second kappa shape index (κ2) is 11.0. The van der Waals surface area contributed by atoms with Crippen LogP contribution < -0.4 is 0 Å². The van der Waals surface area contributed by atoms with Crippen LogP contribution in [0.4, 0.5) is 0 Å². The molecule has 2 rings (SSSR count). The van der Waals surface area contributed by atoms with Gasteiger partial charge in [0.25, 0.3) is 0 Å². The lowest BCUT2D eigenvalue weighted by Gasteiger charge is -2.14. The fourth-order valence-corrected chi connectivity index (χ4v) is 4.02. The minimum atomic E-state index is -0.308. The molecule has 0 amide bonds. The molecule has 0 N–H and O–H groups in total. The number of halogens is 2. The van der Waals surface area contributed by atoms with Gasteiger partial charge in [-0.2, -0.15) is 0 Å². The number of ketones is 1. The van der Waals surface area contributed by atoms with Gasteiger partial charge in [-0.3, -0.25) is 4.79 Å². The molecule has 1 nitrogen and oxygen atoms in total. The van der Waals surface area contributed by atoms with Crippen LogP contribution in [0.25, 0.3) is 0 Å². The van der Waals surface area contributed by atoms with Crippen LogP contribution >= 0.6 is 23.2 Å². The van der Waals surface area contributed by atoms with Gasteiger partial charge < -0.3 is 0 Å². The molecule has 3 heteroatoms. The van der Waals surface area contributed by atoms with E-state index in [9.17, 15) is 4.79 Å². The number of Topliss-reactive ketones (excluding diaryl/α,β-unsaturated/α-hetero) is 1. The molecule has 0 radical (unpaired) electrons. The molecular weight excluding hydrogens is 387 g/mol. The van der Waals surface area contributed by atoms with Crippen molar-refractivity contribution >= 4 is 29.0 Å². The Hall–Kier alpha value is -1.31. The molecule has 0 aliphatic heterocycles. The normalized spacial score (nSPS) is 13.7. The summed E-state index contributed by atoms with van der Waals surface area (Å²) in [4.78, 5) is 12.5. The highest BCUT2D eigenvalue weighted by atomic mass is 35.5. The van der Waals surface area contributed by atoms with Crippen molar-refractivity contribution in [3.05, 3.63) is 70.8 Å². The lowest BCUT2D eigenvalue weighted by Crippen LogP contribution is -2.06. The van der Waals surface area contributed by atoms with Gasteiger partial charge >= 0.3 is 0 Å². The van der Waals surface area contributed by atoms with E-state index in [1.54, 1.807) is 0 Å². The van der Waals surface area contributed by atoms with Gasteiger partial charge in [-0.05, 0) is 46.9 Å². The van der Waals surface area contributed by atoms with Crippen LogP contribution in [0.5, 0.6) is 0 Å². The Labute approximate surface area is 180 Å². The summed E-state index contributed by atoms with van der Waals surface area (Å²) in [6.07, 6.45) is 2.71. The number of hydrogen-bond donors (Lipinski definition) is 0. The van der Waals surface area contributed by atoms with Crippen molar-refractivity contribution in [1.29, 1.82) is 0 Å². The Morgan fingerprint density at radius 3 is 1.29 bits per heavy atom. The molecule has 0 fully saturated rings. The maximum Gasteiger partial charge on any atom is 0.136 e. The highest BCUT2D eigenvalue weighted by Crippen LogP contribution is 2.30. The first kappa shape index (κ1) is 23.0. The van der Waals surface area contributed by atoms with Crippen molar-refractivity contribution in [3.63, 3.8) is 0 Å². The Bertz CT molecular complexity index is 669. The van der Waals surface area contributed by atoms with E-state index in [0.717, 1.165) is 24.0 Å². The molecule has 0 saturated heterocycles. The average molecular weight is 419 g/mol. The lowest BCUT2D eigenvalue weighted by molar-refractivity contribution is -0.119. The molecule has 28 heavy (non-hydrogen) atoms. The topological polar surface area (TPSA) is 17.1 Å². The van der Waals surface area contributed by atoms with Gasteiger partial charge in [0, 0.05) is 12.8 Å². The third kappa shape index (κ3) is 7.60. The third-order valence-corrected chi connectivity index (χ3v) is 5.60. The zero-order valence-corrected chi connectivity index (χ0v) is 18.9. The summed E-state index contributed by atoms with van der Waals surface area (Å²) >= 11 is 13.0. The summed E-state index contributed by atoms with van der Waals surface area (Å²) in [5.74, 6) is 1.34. The van der Waals surface area contributed by atoms with Gasteiger partial charge in [-0.1, -0.05) is 76.2 Å². The number of benzene rings is 2. The van der Waals surface area contributed by atoms with Gasteiger partial charge in [-0.15, -0.1) is 23.2 Å². The molecule has 0 aliphatic carbocycles. The van der Waals surface area contributed by atoms with Gasteiger partial charge in [0.05, 0.1) is 10.8 Å².